The number of hydrogen-bond donors (Lipinski definition) is 1. The monoisotopic (exact) mass is 391 g/mol. The number of hydrogen-bond acceptors (Lipinski definition) is 5. The first-order valence-corrected chi connectivity index (χ1v) is 9.37. The number of thiophene rings is 1. The maximum absolute atomic E-state index is 13.0. The van der Waals surface area contributed by atoms with E-state index >= 15 is 0 Å². The minimum Gasteiger partial charge on any atom is -0.503 e. The van der Waals surface area contributed by atoms with Crippen molar-refractivity contribution in [2.45, 2.75) is 12.5 Å². The molecule has 2 aromatic rings. The van der Waals surface area contributed by atoms with Gasteiger partial charge in [0.25, 0.3) is 5.91 Å². The van der Waals surface area contributed by atoms with Gasteiger partial charge in [-0.05, 0) is 35.6 Å². The molecule has 1 aromatic carbocycles. The van der Waals surface area contributed by atoms with E-state index in [9.17, 15) is 14.7 Å². The van der Waals surface area contributed by atoms with E-state index in [2.05, 4.69) is 0 Å². The van der Waals surface area contributed by atoms with Gasteiger partial charge in [0.05, 0.1) is 16.5 Å². The highest BCUT2D eigenvalue weighted by Crippen LogP contribution is 2.40. The van der Waals surface area contributed by atoms with Gasteiger partial charge in [0.15, 0.2) is 5.76 Å². The van der Waals surface area contributed by atoms with Crippen LogP contribution < -0.4 is 0 Å². The molecule has 0 aliphatic carbocycles. The first kappa shape index (κ1) is 18.6. The number of aliphatic hydroxyl groups is 1. The van der Waals surface area contributed by atoms with Gasteiger partial charge in [-0.2, -0.15) is 0 Å². The Hall–Kier alpha value is -2.15. The molecule has 136 valence electrons. The van der Waals surface area contributed by atoms with Gasteiger partial charge < -0.3 is 14.7 Å². The maximum atomic E-state index is 13.0. The summed E-state index contributed by atoms with van der Waals surface area (Å²) in [5.41, 5.74) is 0.782. The van der Waals surface area contributed by atoms with E-state index in [1.54, 1.807) is 48.9 Å². The fraction of sp³-hybridized carbons (Fsp3) is 0.263. The Bertz CT molecular complexity index is 847. The molecule has 0 saturated carbocycles. The van der Waals surface area contributed by atoms with Crippen molar-refractivity contribution >= 4 is 34.6 Å². The molecule has 1 amide bonds. The zero-order valence-corrected chi connectivity index (χ0v) is 15.7. The summed E-state index contributed by atoms with van der Waals surface area (Å²) < 4.78 is 5.06. The third kappa shape index (κ3) is 3.53. The van der Waals surface area contributed by atoms with Gasteiger partial charge in [-0.25, -0.2) is 0 Å². The lowest BCUT2D eigenvalue weighted by Gasteiger charge is -2.26. The van der Waals surface area contributed by atoms with Crippen molar-refractivity contribution in [1.29, 1.82) is 0 Å². The van der Waals surface area contributed by atoms with Crippen LogP contribution in [0.1, 0.15) is 27.7 Å². The number of nitrogens with zero attached hydrogens (tertiary/aromatic N) is 1. The van der Waals surface area contributed by atoms with Crippen LogP contribution in [0.25, 0.3) is 0 Å². The molecule has 0 bridgehead atoms. The molecule has 1 aliphatic heterocycles. The van der Waals surface area contributed by atoms with Crippen molar-refractivity contribution in [3.8, 4) is 0 Å². The van der Waals surface area contributed by atoms with Crippen LogP contribution in [-0.4, -0.2) is 42.0 Å². The average Bonchev–Trinajstić information content (AvgIpc) is 3.24. The number of methoxy groups -OCH3 is 1. The minimum absolute atomic E-state index is 0.0946. The first-order valence-electron chi connectivity index (χ1n) is 8.11. The molecule has 0 radical (unpaired) electrons. The topological polar surface area (TPSA) is 66.8 Å². The zero-order valence-electron chi connectivity index (χ0n) is 14.1. The lowest BCUT2D eigenvalue weighted by molar-refractivity contribution is -0.129. The molecule has 1 aliphatic rings. The summed E-state index contributed by atoms with van der Waals surface area (Å²) in [6.45, 7) is 0.830. The van der Waals surface area contributed by atoms with Crippen LogP contribution in [-0.2, 0) is 9.53 Å². The lowest BCUT2D eigenvalue weighted by Crippen LogP contribution is -2.32. The maximum Gasteiger partial charge on any atom is 0.290 e. The minimum atomic E-state index is -0.673. The van der Waals surface area contributed by atoms with Crippen LogP contribution in [0.2, 0.25) is 5.02 Å². The van der Waals surface area contributed by atoms with E-state index in [0.717, 1.165) is 0 Å². The third-order valence-electron chi connectivity index (χ3n) is 4.21. The number of Topliss-reactive ketones (excluding diaryl/α,β-unsaturated/α-hetero) is 1. The van der Waals surface area contributed by atoms with E-state index in [4.69, 9.17) is 16.3 Å². The highest BCUT2D eigenvalue weighted by molar-refractivity contribution is 7.12. The molecule has 26 heavy (non-hydrogen) atoms. The SMILES string of the molecule is COCCCN1C(=O)C(O)=C(C(=O)c2cccs2)[C@@H]1c1cccc(Cl)c1. The molecule has 1 atom stereocenters. The molecule has 1 aromatic heterocycles. The quantitative estimate of drug-likeness (QED) is 0.572. The Balaban J connectivity index is 2.04. The van der Waals surface area contributed by atoms with Crippen LogP contribution in [0.4, 0.5) is 0 Å². The van der Waals surface area contributed by atoms with Gasteiger partial charge in [-0.15, -0.1) is 11.3 Å². The number of ether oxygens (including phenoxy) is 1. The summed E-state index contributed by atoms with van der Waals surface area (Å²) in [5.74, 6) is -1.39. The Morgan fingerprint density at radius 3 is 2.81 bits per heavy atom. The summed E-state index contributed by atoms with van der Waals surface area (Å²) in [4.78, 5) is 27.6. The van der Waals surface area contributed by atoms with Crippen molar-refractivity contribution in [2.24, 2.45) is 0 Å². The summed E-state index contributed by atoms with van der Waals surface area (Å²) >= 11 is 7.39. The highest BCUT2D eigenvalue weighted by Gasteiger charge is 2.43. The standard InChI is InChI=1S/C19H18ClNO4S/c1-25-9-4-8-21-16(12-5-2-6-13(20)11-12)15(18(23)19(21)24)17(22)14-7-3-10-26-14/h2-3,5-7,10-11,16,23H,4,8-9H2,1H3/t16-/m0/s1. The largest absolute Gasteiger partial charge is 0.503 e. The fourth-order valence-electron chi connectivity index (χ4n) is 3.06. The Labute approximate surface area is 160 Å². The first-order chi connectivity index (χ1) is 12.5. The van der Waals surface area contributed by atoms with Crippen LogP contribution in [0.3, 0.4) is 0 Å². The van der Waals surface area contributed by atoms with Crippen LogP contribution in [0.5, 0.6) is 0 Å². The highest BCUT2D eigenvalue weighted by atomic mass is 35.5. The number of ketones is 1. The summed E-state index contributed by atoms with van der Waals surface area (Å²) in [7, 11) is 1.59. The van der Waals surface area contributed by atoms with Gasteiger partial charge >= 0.3 is 0 Å². The van der Waals surface area contributed by atoms with Crippen LogP contribution >= 0.6 is 22.9 Å². The molecule has 5 nitrogen and oxygen atoms in total. The van der Waals surface area contributed by atoms with E-state index in [-0.39, 0.29) is 11.4 Å². The Kier molecular flexibility index (Phi) is 5.76. The molecule has 0 unspecified atom stereocenters. The molecule has 7 heteroatoms. The van der Waals surface area contributed by atoms with Crippen molar-refractivity contribution < 1.29 is 19.4 Å². The van der Waals surface area contributed by atoms with Gasteiger partial charge in [0.1, 0.15) is 0 Å². The number of aliphatic hydroxyl groups excluding tert-OH is 1. The smallest absolute Gasteiger partial charge is 0.290 e. The van der Waals surface area contributed by atoms with Gasteiger partial charge in [0.2, 0.25) is 5.78 Å². The molecule has 0 fully saturated rings. The number of halogens is 1. The second-order valence-corrected chi connectivity index (χ2v) is 7.26. The predicted octanol–water partition coefficient (Wildman–Crippen LogP) is 4.02. The number of carbonyl (C=O) groups is 2. The second kappa shape index (κ2) is 8.03. The fourth-order valence-corrected chi connectivity index (χ4v) is 3.94. The van der Waals surface area contributed by atoms with Crippen molar-refractivity contribution in [2.75, 3.05) is 20.3 Å². The number of amides is 1. The summed E-state index contributed by atoms with van der Waals surface area (Å²) in [6.07, 6.45) is 0.590. The van der Waals surface area contributed by atoms with E-state index in [1.165, 1.54) is 16.2 Å². The molecule has 1 N–H and O–H groups in total. The number of rotatable bonds is 7. The molecule has 0 spiro atoms. The van der Waals surface area contributed by atoms with Crippen molar-refractivity contribution in [3.05, 3.63) is 68.6 Å². The van der Waals surface area contributed by atoms with Crippen LogP contribution in [0, 0.1) is 0 Å². The lowest BCUT2D eigenvalue weighted by atomic mass is 9.95. The van der Waals surface area contributed by atoms with Gasteiger partial charge in [-0.3, -0.25) is 9.59 Å². The van der Waals surface area contributed by atoms with Crippen LogP contribution in [0.15, 0.2) is 53.1 Å². The van der Waals surface area contributed by atoms with Gasteiger partial charge in [-0.1, -0.05) is 29.8 Å². The molecular weight excluding hydrogens is 374 g/mol. The molecule has 3 rings (SSSR count). The summed E-state index contributed by atoms with van der Waals surface area (Å²) in [6, 6.07) is 9.76. The number of benzene rings is 1. The molecular formula is C19H18ClNO4S. The second-order valence-electron chi connectivity index (χ2n) is 5.87. The predicted molar refractivity (Wildman–Crippen MR) is 101 cm³/mol. The number of carbonyl (C=O) groups excluding carboxylic acids is 2. The van der Waals surface area contributed by atoms with Crippen molar-refractivity contribution in [3.63, 3.8) is 0 Å². The van der Waals surface area contributed by atoms with E-state index in [1.807, 2.05) is 0 Å². The molecule has 2 heterocycles. The van der Waals surface area contributed by atoms with E-state index < -0.39 is 17.7 Å². The Morgan fingerprint density at radius 2 is 2.15 bits per heavy atom. The normalized spacial score (nSPS) is 17.2. The summed E-state index contributed by atoms with van der Waals surface area (Å²) in [5, 5.41) is 12.7. The van der Waals surface area contributed by atoms with E-state index in [0.29, 0.717) is 35.0 Å². The third-order valence-corrected chi connectivity index (χ3v) is 5.31. The average molecular weight is 392 g/mol. The van der Waals surface area contributed by atoms with Gasteiger partial charge in [0, 0.05) is 25.3 Å². The van der Waals surface area contributed by atoms with Crippen molar-refractivity contribution in [1.82, 2.24) is 4.90 Å². The zero-order chi connectivity index (χ0) is 18.7. The molecule has 0 saturated heterocycles. The Morgan fingerprint density at radius 1 is 1.35 bits per heavy atom.